The van der Waals surface area contributed by atoms with E-state index in [1.165, 1.54) is 11.2 Å². The highest BCUT2D eigenvalue weighted by Crippen LogP contribution is 2.12. The largest absolute Gasteiger partial charge is 0.480 e. The lowest BCUT2D eigenvalue weighted by Crippen LogP contribution is -2.53. The number of carboxylic acids is 1. The third-order valence-electron chi connectivity index (χ3n) is 2.68. The maximum Gasteiger partial charge on any atom is 0.324 e. The lowest BCUT2D eigenvalue weighted by molar-refractivity contribution is -0.141. The molecule has 0 aromatic heterocycles. The Balaban J connectivity index is 2.73. The van der Waals surface area contributed by atoms with E-state index in [4.69, 9.17) is 5.11 Å². The summed E-state index contributed by atoms with van der Waals surface area (Å²) in [5, 5.41) is 18.0. The SMILES string of the molecule is CC(O)C(NS(=O)(=O)N1CCCCC1)C(=O)O. The summed E-state index contributed by atoms with van der Waals surface area (Å²) in [4.78, 5) is 10.8. The Bertz CT molecular complexity index is 362. The van der Waals surface area contributed by atoms with Gasteiger partial charge in [0, 0.05) is 13.1 Å². The minimum atomic E-state index is -3.83. The predicted molar refractivity (Wildman–Crippen MR) is 60.6 cm³/mol. The molecule has 0 aromatic rings. The second-order valence-electron chi connectivity index (χ2n) is 4.14. The van der Waals surface area contributed by atoms with Crippen LogP contribution in [0.4, 0.5) is 0 Å². The van der Waals surface area contributed by atoms with Gasteiger partial charge in [0.1, 0.15) is 6.04 Å². The maximum atomic E-state index is 11.8. The molecule has 0 radical (unpaired) electrons. The zero-order chi connectivity index (χ0) is 13.1. The lowest BCUT2D eigenvalue weighted by Gasteiger charge is -2.28. The van der Waals surface area contributed by atoms with Gasteiger partial charge in [-0.15, -0.1) is 0 Å². The van der Waals surface area contributed by atoms with E-state index in [1.807, 2.05) is 4.72 Å². The summed E-state index contributed by atoms with van der Waals surface area (Å²) in [5.41, 5.74) is 0. The molecule has 1 saturated heterocycles. The van der Waals surface area contributed by atoms with Crippen LogP contribution in [0, 0.1) is 0 Å². The smallest absolute Gasteiger partial charge is 0.324 e. The summed E-state index contributed by atoms with van der Waals surface area (Å²) in [6, 6.07) is -1.51. The third-order valence-corrected chi connectivity index (χ3v) is 4.28. The van der Waals surface area contributed by atoms with Crippen LogP contribution >= 0.6 is 0 Å². The number of hydrogen-bond acceptors (Lipinski definition) is 4. The van der Waals surface area contributed by atoms with Crippen LogP contribution in [-0.2, 0) is 15.0 Å². The number of piperidine rings is 1. The summed E-state index contributed by atoms with van der Waals surface area (Å²) < 4.78 is 26.9. The fourth-order valence-corrected chi connectivity index (χ4v) is 3.20. The van der Waals surface area contributed by atoms with Gasteiger partial charge in [-0.3, -0.25) is 4.79 Å². The molecule has 0 amide bonds. The van der Waals surface area contributed by atoms with E-state index in [1.54, 1.807) is 0 Å². The molecule has 0 bridgehead atoms. The molecular weight excluding hydrogens is 248 g/mol. The number of aliphatic carboxylic acids is 1. The van der Waals surface area contributed by atoms with Gasteiger partial charge in [-0.2, -0.15) is 17.4 Å². The van der Waals surface area contributed by atoms with E-state index in [2.05, 4.69) is 0 Å². The first-order valence-corrected chi connectivity index (χ1v) is 6.97. The van der Waals surface area contributed by atoms with Crippen molar-refractivity contribution in [3.05, 3.63) is 0 Å². The van der Waals surface area contributed by atoms with Crippen molar-refractivity contribution in [1.82, 2.24) is 9.03 Å². The van der Waals surface area contributed by atoms with E-state index in [9.17, 15) is 18.3 Å². The first-order chi connectivity index (χ1) is 7.84. The molecular formula is C9H18N2O5S. The van der Waals surface area contributed by atoms with Crippen LogP contribution in [0.2, 0.25) is 0 Å². The number of nitrogens with one attached hydrogen (secondary N) is 1. The quantitative estimate of drug-likeness (QED) is 0.600. The van der Waals surface area contributed by atoms with Crippen LogP contribution in [0.5, 0.6) is 0 Å². The van der Waals surface area contributed by atoms with Crippen molar-refractivity contribution < 1.29 is 23.4 Å². The number of aliphatic hydroxyl groups excluding tert-OH is 1. The highest BCUT2D eigenvalue weighted by molar-refractivity contribution is 7.87. The minimum Gasteiger partial charge on any atom is -0.480 e. The van der Waals surface area contributed by atoms with Crippen LogP contribution in [0.25, 0.3) is 0 Å². The molecule has 1 aliphatic rings. The van der Waals surface area contributed by atoms with Crippen LogP contribution in [-0.4, -0.2) is 54.1 Å². The molecule has 17 heavy (non-hydrogen) atoms. The Labute approximate surface area is 101 Å². The van der Waals surface area contributed by atoms with Gasteiger partial charge >= 0.3 is 5.97 Å². The Morgan fingerprint density at radius 2 is 1.82 bits per heavy atom. The fraction of sp³-hybridized carbons (Fsp3) is 0.889. The molecule has 8 heteroatoms. The highest BCUT2D eigenvalue weighted by atomic mass is 32.2. The molecule has 0 aromatic carbocycles. The topological polar surface area (TPSA) is 107 Å². The monoisotopic (exact) mass is 266 g/mol. The first-order valence-electron chi connectivity index (χ1n) is 5.53. The molecule has 2 atom stereocenters. The maximum absolute atomic E-state index is 11.8. The predicted octanol–water partition coefficient (Wildman–Crippen LogP) is -0.859. The first kappa shape index (κ1) is 14.4. The van der Waals surface area contributed by atoms with E-state index in [0.717, 1.165) is 19.3 Å². The molecule has 0 spiro atoms. The molecule has 1 rings (SSSR count). The zero-order valence-corrected chi connectivity index (χ0v) is 10.5. The average molecular weight is 266 g/mol. The van der Waals surface area contributed by atoms with Crippen molar-refractivity contribution in [2.24, 2.45) is 0 Å². The van der Waals surface area contributed by atoms with Gasteiger partial charge in [0.05, 0.1) is 6.10 Å². The molecule has 0 saturated carbocycles. The van der Waals surface area contributed by atoms with E-state index in [-0.39, 0.29) is 0 Å². The average Bonchev–Trinajstić information content (AvgIpc) is 2.26. The molecule has 3 N–H and O–H groups in total. The van der Waals surface area contributed by atoms with Crippen LogP contribution in [0.1, 0.15) is 26.2 Å². The van der Waals surface area contributed by atoms with Gasteiger partial charge in [0.25, 0.3) is 10.2 Å². The normalized spacial score (nSPS) is 22.0. The van der Waals surface area contributed by atoms with Gasteiger partial charge < -0.3 is 10.2 Å². The Hall–Kier alpha value is -0.700. The number of hydrogen-bond donors (Lipinski definition) is 3. The van der Waals surface area contributed by atoms with Crippen LogP contribution in [0.15, 0.2) is 0 Å². The summed E-state index contributed by atoms with van der Waals surface area (Å²) in [6.45, 7) is 2.01. The molecule has 0 aliphatic carbocycles. The van der Waals surface area contributed by atoms with Crippen molar-refractivity contribution in [3.63, 3.8) is 0 Å². The van der Waals surface area contributed by atoms with Crippen molar-refractivity contribution in [3.8, 4) is 0 Å². The van der Waals surface area contributed by atoms with Gasteiger partial charge in [-0.1, -0.05) is 6.42 Å². The molecule has 7 nitrogen and oxygen atoms in total. The lowest BCUT2D eigenvalue weighted by atomic mass is 10.2. The van der Waals surface area contributed by atoms with Gasteiger partial charge in [0.2, 0.25) is 0 Å². The summed E-state index contributed by atoms with van der Waals surface area (Å²) in [5.74, 6) is -1.39. The standard InChI is InChI=1S/C9H18N2O5S/c1-7(12)8(9(13)14)10-17(15,16)11-5-3-2-4-6-11/h7-8,10,12H,2-6H2,1H3,(H,13,14). The van der Waals surface area contributed by atoms with Crippen LogP contribution in [0.3, 0.4) is 0 Å². The zero-order valence-electron chi connectivity index (χ0n) is 9.66. The number of aliphatic hydroxyl groups is 1. The van der Waals surface area contributed by atoms with Crippen molar-refractivity contribution in [2.45, 2.75) is 38.3 Å². The second kappa shape index (κ2) is 5.76. The fourth-order valence-electron chi connectivity index (χ4n) is 1.70. The second-order valence-corrected chi connectivity index (χ2v) is 5.84. The van der Waals surface area contributed by atoms with Crippen molar-refractivity contribution in [2.75, 3.05) is 13.1 Å². The third kappa shape index (κ3) is 3.91. The van der Waals surface area contributed by atoms with Gasteiger partial charge in [-0.25, -0.2) is 0 Å². The molecule has 100 valence electrons. The van der Waals surface area contributed by atoms with Gasteiger partial charge in [0.15, 0.2) is 0 Å². The molecule has 1 aliphatic heterocycles. The Kier molecular flexibility index (Phi) is 4.87. The Morgan fingerprint density at radius 1 is 1.29 bits per heavy atom. The number of nitrogens with zero attached hydrogens (tertiary/aromatic N) is 1. The summed E-state index contributed by atoms with van der Waals surface area (Å²) >= 11 is 0. The minimum absolute atomic E-state index is 0.390. The van der Waals surface area contributed by atoms with Crippen molar-refractivity contribution >= 4 is 16.2 Å². The van der Waals surface area contributed by atoms with E-state index < -0.39 is 28.3 Å². The highest BCUT2D eigenvalue weighted by Gasteiger charge is 2.32. The van der Waals surface area contributed by atoms with Crippen LogP contribution < -0.4 is 4.72 Å². The molecule has 1 fully saturated rings. The Morgan fingerprint density at radius 3 is 2.24 bits per heavy atom. The van der Waals surface area contributed by atoms with E-state index >= 15 is 0 Å². The number of carbonyl (C=O) groups is 1. The number of rotatable bonds is 5. The van der Waals surface area contributed by atoms with Gasteiger partial charge in [-0.05, 0) is 19.8 Å². The van der Waals surface area contributed by atoms with Crippen molar-refractivity contribution in [1.29, 1.82) is 0 Å². The van der Waals surface area contributed by atoms with E-state index in [0.29, 0.717) is 13.1 Å². The molecule has 2 unspecified atom stereocenters. The summed E-state index contributed by atoms with van der Waals surface area (Å²) in [7, 11) is -3.83. The molecule has 1 heterocycles. The summed E-state index contributed by atoms with van der Waals surface area (Å²) in [6.07, 6.45) is 1.23. The number of carboxylic acid groups (broad SMARTS) is 1.